The van der Waals surface area contributed by atoms with E-state index < -0.39 is 4.92 Å². The van der Waals surface area contributed by atoms with Gasteiger partial charge in [-0.15, -0.1) is 0 Å². The van der Waals surface area contributed by atoms with Crippen LogP contribution in [-0.4, -0.2) is 10.0 Å². The molecule has 0 unspecified atom stereocenters. The topological polar surface area (TPSA) is 72.6 Å². The Bertz CT molecular complexity index is 658. The zero-order valence-electron chi connectivity index (χ0n) is 10.7. The summed E-state index contributed by atoms with van der Waals surface area (Å²) in [7, 11) is 0. The largest absolute Gasteiger partial charge is 0.450 e. The molecule has 0 spiro atoms. The van der Waals surface area contributed by atoms with Gasteiger partial charge in [0, 0.05) is 16.1 Å². The molecule has 0 radical (unpaired) electrons. The second-order valence-corrected chi connectivity index (χ2v) is 4.63. The van der Waals surface area contributed by atoms with Gasteiger partial charge in [0.1, 0.15) is 5.75 Å². The molecular weight excluding hydrogens is 282 g/mol. The third-order valence-electron chi connectivity index (χ3n) is 2.80. The summed E-state index contributed by atoms with van der Waals surface area (Å²) in [4.78, 5) is 10.6. The number of nitro groups is 1. The first kappa shape index (κ1) is 14.3. The number of aryl methyl sites for hydroxylation is 1. The molecule has 0 aromatic heterocycles. The predicted octanol–water partition coefficient (Wildman–Crippen LogP) is 3.84. The number of hydrogen-bond donors (Lipinski definition) is 1. The first-order chi connectivity index (χ1) is 9.52. The second-order valence-electron chi connectivity index (χ2n) is 4.19. The molecule has 2 aromatic rings. The van der Waals surface area contributed by atoms with Crippen molar-refractivity contribution in [1.29, 1.82) is 0 Å². The molecule has 20 heavy (non-hydrogen) atoms. The summed E-state index contributed by atoms with van der Waals surface area (Å²) in [5.41, 5.74) is 0.881. The maximum atomic E-state index is 11.1. The molecule has 0 bridgehead atoms. The molecule has 5 nitrogen and oxygen atoms in total. The molecule has 6 heteroatoms. The monoisotopic (exact) mass is 293 g/mol. The molecule has 0 heterocycles. The van der Waals surface area contributed by atoms with Crippen LogP contribution in [0.3, 0.4) is 0 Å². The Morgan fingerprint density at radius 2 is 2.05 bits per heavy atom. The number of nitro benzene ring substituents is 1. The number of aliphatic hydroxyl groups excluding tert-OH is 1. The van der Waals surface area contributed by atoms with Crippen molar-refractivity contribution in [3.8, 4) is 11.5 Å². The molecule has 0 saturated heterocycles. The second kappa shape index (κ2) is 5.90. The Morgan fingerprint density at radius 1 is 1.30 bits per heavy atom. The van der Waals surface area contributed by atoms with Crippen molar-refractivity contribution in [2.45, 2.75) is 13.5 Å². The van der Waals surface area contributed by atoms with Crippen LogP contribution >= 0.6 is 11.6 Å². The van der Waals surface area contributed by atoms with Crippen LogP contribution in [0.15, 0.2) is 36.4 Å². The Kier molecular flexibility index (Phi) is 4.22. The highest BCUT2D eigenvalue weighted by molar-refractivity contribution is 6.30. The van der Waals surface area contributed by atoms with Crippen LogP contribution in [0.4, 0.5) is 5.69 Å². The van der Waals surface area contributed by atoms with E-state index in [0.717, 1.165) is 0 Å². The number of para-hydroxylation sites is 1. The van der Waals surface area contributed by atoms with E-state index in [4.69, 9.17) is 16.3 Å². The molecule has 0 atom stereocenters. The van der Waals surface area contributed by atoms with E-state index in [1.807, 2.05) is 0 Å². The van der Waals surface area contributed by atoms with Gasteiger partial charge in [-0.1, -0.05) is 23.7 Å². The number of hydrogen-bond acceptors (Lipinski definition) is 4. The van der Waals surface area contributed by atoms with Crippen LogP contribution < -0.4 is 4.74 Å². The molecule has 0 fully saturated rings. The SMILES string of the molecule is Cc1cccc(Oc2ccc(Cl)cc2CO)c1[N+](=O)[O-]. The highest BCUT2D eigenvalue weighted by atomic mass is 35.5. The summed E-state index contributed by atoms with van der Waals surface area (Å²) < 4.78 is 5.57. The predicted molar refractivity (Wildman–Crippen MR) is 75.3 cm³/mol. The molecule has 0 aliphatic heterocycles. The maximum Gasteiger partial charge on any atom is 0.314 e. The van der Waals surface area contributed by atoms with Gasteiger partial charge < -0.3 is 9.84 Å². The standard InChI is InChI=1S/C14H12ClNO4/c1-9-3-2-4-13(14(9)16(18)19)20-12-6-5-11(15)7-10(12)8-17/h2-7,17H,8H2,1H3. The lowest BCUT2D eigenvalue weighted by molar-refractivity contribution is -0.386. The molecular formula is C14H12ClNO4. The minimum Gasteiger partial charge on any atom is -0.450 e. The fraction of sp³-hybridized carbons (Fsp3) is 0.143. The fourth-order valence-corrected chi connectivity index (χ4v) is 2.03. The van der Waals surface area contributed by atoms with Gasteiger partial charge in [-0.05, 0) is 31.2 Å². The Balaban J connectivity index is 2.45. The normalized spacial score (nSPS) is 10.3. The maximum absolute atomic E-state index is 11.1. The highest BCUT2D eigenvalue weighted by Crippen LogP contribution is 2.35. The van der Waals surface area contributed by atoms with Crippen LogP contribution in [0.2, 0.25) is 5.02 Å². The Morgan fingerprint density at radius 3 is 2.70 bits per heavy atom. The molecule has 0 aliphatic rings. The van der Waals surface area contributed by atoms with Gasteiger partial charge in [0.25, 0.3) is 0 Å². The quantitative estimate of drug-likeness (QED) is 0.686. The molecule has 0 aliphatic carbocycles. The highest BCUT2D eigenvalue weighted by Gasteiger charge is 2.19. The van der Waals surface area contributed by atoms with E-state index in [1.165, 1.54) is 6.07 Å². The number of ether oxygens (including phenoxy) is 1. The van der Waals surface area contributed by atoms with Crippen LogP contribution in [0.5, 0.6) is 11.5 Å². The summed E-state index contributed by atoms with van der Waals surface area (Å²) in [6, 6.07) is 9.54. The van der Waals surface area contributed by atoms with Gasteiger partial charge in [0.15, 0.2) is 0 Å². The zero-order chi connectivity index (χ0) is 14.7. The molecule has 0 amide bonds. The van der Waals surface area contributed by atoms with Crippen molar-refractivity contribution in [2.75, 3.05) is 0 Å². The van der Waals surface area contributed by atoms with Crippen molar-refractivity contribution in [2.24, 2.45) is 0 Å². The molecule has 2 rings (SSSR count). The zero-order valence-corrected chi connectivity index (χ0v) is 11.4. The van der Waals surface area contributed by atoms with Gasteiger partial charge in [0.2, 0.25) is 5.75 Å². The van der Waals surface area contributed by atoms with Gasteiger partial charge in [-0.3, -0.25) is 10.1 Å². The summed E-state index contributed by atoms with van der Waals surface area (Å²) in [6.45, 7) is 1.37. The summed E-state index contributed by atoms with van der Waals surface area (Å²) in [5.74, 6) is 0.470. The van der Waals surface area contributed by atoms with Gasteiger partial charge >= 0.3 is 5.69 Å². The average molecular weight is 294 g/mol. The van der Waals surface area contributed by atoms with Crippen LogP contribution in [0, 0.1) is 17.0 Å². The summed E-state index contributed by atoms with van der Waals surface area (Å²) in [5, 5.41) is 20.8. The molecule has 104 valence electrons. The third kappa shape index (κ3) is 2.89. The fourth-order valence-electron chi connectivity index (χ4n) is 1.84. The van der Waals surface area contributed by atoms with Crippen molar-refractivity contribution in [3.05, 3.63) is 62.7 Å². The average Bonchev–Trinajstić information content (AvgIpc) is 2.40. The van der Waals surface area contributed by atoms with Gasteiger partial charge in [-0.2, -0.15) is 0 Å². The van der Waals surface area contributed by atoms with E-state index in [1.54, 1.807) is 37.3 Å². The van der Waals surface area contributed by atoms with E-state index in [2.05, 4.69) is 0 Å². The van der Waals surface area contributed by atoms with Crippen LogP contribution in [0.25, 0.3) is 0 Å². The molecule has 1 N–H and O–H groups in total. The number of nitrogens with zero attached hydrogens (tertiary/aromatic N) is 1. The van der Waals surface area contributed by atoms with E-state index in [9.17, 15) is 15.2 Å². The van der Waals surface area contributed by atoms with Crippen LogP contribution in [0.1, 0.15) is 11.1 Å². The smallest absolute Gasteiger partial charge is 0.314 e. The number of benzene rings is 2. The Hall–Kier alpha value is -2.11. The van der Waals surface area contributed by atoms with Crippen molar-refractivity contribution >= 4 is 17.3 Å². The van der Waals surface area contributed by atoms with Crippen molar-refractivity contribution in [3.63, 3.8) is 0 Å². The van der Waals surface area contributed by atoms with E-state index >= 15 is 0 Å². The van der Waals surface area contributed by atoms with Gasteiger partial charge in [-0.25, -0.2) is 0 Å². The van der Waals surface area contributed by atoms with Crippen LogP contribution in [-0.2, 0) is 6.61 Å². The molecule has 2 aromatic carbocycles. The minimum atomic E-state index is -0.487. The van der Waals surface area contributed by atoms with Crippen molar-refractivity contribution < 1.29 is 14.8 Å². The van der Waals surface area contributed by atoms with E-state index in [0.29, 0.717) is 21.9 Å². The first-order valence-electron chi connectivity index (χ1n) is 5.84. The lowest BCUT2D eigenvalue weighted by Crippen LogP contribution is -1.98. The molecule has 0 saturated carbocycles. The van der Waals surface area contributed by atoms with Crippen molar-refractivity contribution in [1.82, 2.24) is 0 Å². The minimum absolute atomic E-state index is 0.0914. The Labute approximate surface area is 120 Å². The van der Waals surface area contributed by atoms with E-state index in [-0.39, 0.29) is 18.0 Å². The number of rotatable bonds is 4. The lowest BCUT2D eigenvalue weighted by Gasteiger charge is -2.11. The summed E-state index contributed by atoms with van der Waals surface area (Å²) >= 11 is 5.83. The number of halogens is 1. The lowest BCUT2D eigenvalue weighted by atomic mass is 10.2. The number of aliphatic hydroxyl groups is 1. The third-order valence-corrected chi connectivity index (χ3v) is 3.03. The van der Waals surface area contributed by atoms with Gasteiger partial charge in [0.05, 0.1) is 11.5 Å². The first-order valence-corrected chi connectivity index (χ1v) is 6.22. The summed E-state index contributed by atoms with van der Waals surface area (Å²) in [6.07, 6.45) is 0.